The predicted octanol–water partition coefficient (Wildman–Crippen LogP) is 2.41. The molecule has 0 atom stereocenters. The minimum Gasteiger partial charge on any atom is -0.478 e. The number of hydrogen-bond acceptors (Lipinski definition) is 2. The molecule has 0 saturated carbocycles. The van der Waals surface area contributed by atoms with Gasteiger partial charge in [-0.05, 0) is 18.2 Å². The molecule has 98 valence electrons. The Morgan fingerprint density at radius 3 is 2.33 bits per heavy atom. The van der Waals surface area contributed by atoms with E-state index < -0.39 is 35.9 Å². The highest BCUT2D eigenvalue weighted by Gasteiger charge is 2.31. The molecule has 8 heteroatoms. The topological polar surface area (TPSA) is 66.4 Å². The molecule has 0 spiro atoms. The Hall–Kier alpha value is -2.12. The van der Waals surface area contributed by atoms with Crippen molar-refractivity contribution in [3.63, 3.8) is 0 Å². The Kier molecular flexibility index (Phi) is 3.89. The molecule has 1 aromatic rings. The number of nitrogens with one attached hydrogen (secondary N) is 1. The largest absolute Gasteiger partial charge is 0.478 e. The number of hydrogen-bond donors (Lipinski definition) is 2. The number of carbonyl (C=O) groups is 2. The lowest BCUT2D eigenvalue weighted by molar-refractivity contribution is -0.150. The first-order valence-electron chi connectivity index (χ1n) is 4.58. The fourth-order valence-electron chi connectivity index (χ4n) is 1.15. The van der Waals surface area contributed by atoms with E-state index in [0.29, 0.717) is 6.07 Å². The van der Waals surface area contributed by atoms with Crippen molar-refractivity contribution in [1.82, 2.24) is 0 Å². The maximum atomic E-state index is 13.1. The van der Waals surface area contributed by atoms with Gasteiger partial charge in [0.25, 0.3) is 0 Å². The maximum Gasteiger partial charge on any atom is 0.397 e. The average Bonchev–Trinajstić information content (AvgIpc) is 2.13. The van der Waals surface area contributed by atoms with Crippen LogP contribution in [0.1, 0.15) is 16.8 Å². The van der Waals surface area contributed by atoms with Gasteiger partial charge in [-0.1, -0.05) is 0 Å². The number of carboxylic acid groups (broad SMARTS) is 1. The highest BCUT2D eigenvalue weighted by Crippen LogP contribution is 2.21. The summed E-state index contributed by atoms with van der Waals surface area (Å²) in [7, 11) is 0. The monoisotopic (exact) mass is 265 g/mol. The maximum absolute atomic E-state index is 13.1. The van der Waals surface area contributed by atoms with Crippen molar-refractivity contribution < 1.29 is 32.3 Å². The van der Waals surface area contributed by atoms with Crippen LogP contribution in [0.4, 0.5) is 23.2 Å². The molecule has 0 fully saturated rings. The fraction of sp³-hybridized carbons (Fsp3) is 0.200. The summed E-state index contributed by atoms with van der Waals surface area (Å²) in [4.78, 5) is 21.4. The van der Waals surface area contributed by atoms with Crippen LogP contribution >= 0.6 is 0 Å². The van der Waals surface area contributed by atoms with Crippen LogP contribution in [0.5, 0.6) is 0 Å². The van der Waals surface area contributed by atoms with Gasteiger partial charge < -0.3 is 10.4 Å². The third-order valence-electron chi connectivity index (χ3n) is 1.84. The molecule has 0 aliphatic carbocycles. The smallest absolute Gasteiger partial charge is 0.397 e. The van der Waals surface area contributed by atoms with Gasteiger partial charge in [0.2, 0.25) is 5.91 Å². The lowest BCUT2D eigenvalue weighted by Crippen LogP contribution is -2.21. The van der Waals surface area contributed by atoms with Crippen LogP contribution in [0.15, 0.2) is 18.2 Å². The predicted molar refractivity (Wildman–Crippen MR) is 52.7 cm³/mol. The van der Waals surface area contributed by atoms with Crippen LogP contribution in [-0.2, 0) is 4.79 Å². The zero-order valence-electron chi connectivity index (χ0n) is 8.71. The number of alkyl halides is 3. The molecule has 0 radical (unpaired) electrons. The minimum atomic E-state index is -4.66. The van der Waals surface area contributed by atoms with Gasteiger partial charge in [-0.2, -0.15) is 13.2 Å². The summed E-state index contributed by atoms with van der Waals surface area (Å²) >= 11 is 0. The van der Waals surface area contributed by atoms with E-state index in [2.05, 4.69) is 0 Å². The van der Waals surface area contributed by atoms with Gasteiger partial charge in [-0.3, -0.25) is 4.79 Å². The lowest BCUT2D eigenvalue weighted by atomic mass is 10.2. The molecule has 1 amide bonds. The number of carboxylic acids is 1. The number of aromatic carboxylic acids is 1. The fourth-order valence-corrected chi connectivity index (χ4v) is 1.15. The minimum absolute atomic E-state index is 0.244. The molecule has 2 N–H and O–H groups in total. The Labute approximate surface area is 98.2 Å². The first kappa shape index (κ1) is 13.9. The number of benzene rings is 1. The van der Waals surface area contributed by atoms with Crippen LogP contribution < -0.4 is 5.32 Å². The molecule has 0 aromatic heterocycles. The van der Waals surface area contributed by atoms with E-state index >= 15 is 0 Å². The average molecular weight is 265 g/mol. The van der Waals surface area contributed by atoms with Crippen molar-refractivity contribution in [2.45, 2.75) is 12.6 Å². The summed E-state index contributed by atoms with van der Waals surface area (Å²) in [5, 5.41) is 10.3. The molecule has 4 nitrogen and oxygen atoms in total. The molecule has 18 heavy (non-hydrogen) atoms. The van der Waals surface area contributed by atoms with E-state index in [9.17, 15) is 27.2 Å². The van der Waals surface area contributed by atoms with Crippen molar-refractivity contribution in [3.8, 4) is 0 Å². The first-order chi connectivity index (χ1) is 8.19. The number of carbonyl (C=O) groups excluding carboxylic acids is 1. The molecule has 0 saturated heterocycles. The third-order valence-corrected chi connectivity index (χ3v) is 1.84. The zero-order valence-corrected chi connectivity index (χ0v) is 8.71. The summed E-state index contributed by atoms with van der Waals surface area (Å²) in [5.74, 6) is -4.02. The van der Waals surface area contributed by atoms with E-state index in [0.717, 1.165) is 12.1 Å². The van der Waals surface area contributed by atoms with Crippen molar-refractivity contribution in [3.05, 3.63) is 29.6 Å². The normalized spacial score (nSPS) is 11.1. The highest BCUT2D eigenvalue weighted by molar-refractivity contribution is 5.92. The van der Waals surface area contributed by atoms with Crippen molar-refractivity contribution in [2.75, 3.05) is 5.32 Å². The number of amides is 1. The van der Waals surface area contributed by atoms with Gasteiger partial charge in [-0.25, -0.2) is 9.18 Å². The van der Waals surface area contributed by atoms with Crippen LogP contribution in [0.3, 0.4) is 0 Å². The molecule has 0 aliphatic heterocycles. The second kappa shape index (κ2) is 5.03. The molecule has 1 rings (SSSR count). The molecular weight excluding hydrogens is 258 g/mol. The van der Waals surface area contributed by atoms with Crippen LogP contribution in [0, 0.1) is 5.82 Å². The van der Waals surface area contributed by atoms with Crippen LogP contribution in [0.2, 0.25) is 0 Å². The number of rotatable bonds is 3. The summed E-state index contributed by atoms with van der Waals surface area (Å²) in [6, 6.07) is 2.49. The van der Waals surface area contributed by atoms with Crippen molar-refractivity contribution in [1.29, 1.82) is 0 Å². The molecule has 0 unspecified atom stereocenters. The highest BCUT2D eigenvalue weighted by atomic mass is 19.4. The van der Waals surface area contributed by atoms with E-state index in [4.69, 9.17) is 5.11 Å². The summed E-state index contributed by atoms with van der Waals surface area (Å²) in [6.07, 6.45) is -6.36. The SMILES string of the molecule is O=C(CC(F)(F)F)Nc1ccc(C(=O)O)c(F)c1. The lowest BCUT2D eigenvalue weighted by Gasteiger charge is -2.08. The van der Waals surface area contributed by atoms with Crippen LogP contribution in [0.25, 0.3) is 0 Å². The Morgan fingerprint density at radius 2 is 1.89 bits per heavy atom. The second-order valence-corrected chi connectivity index (χ2v) is 3.34. The number of anilines is 1. The number of halogens is 4. The van der Waals surface area contributed by atoms with Crippen molar-refractivity contribution in [2.24, 2.45) is 0 Å². The Morgan fingerprint density at radius 1 is 1.28 bits per heavy atom. The third kappa shape index (κ3) is 4.04. The summed E-state index contributed by atoms with van der Waals surface area (Å²) < 4.78 is 48.7. The summed E-state index contributed by atoms with van der Waals surface area (Å²) in [5.41, 5.74) is -0.879. The van der Waals surface area contributed by atoms with Crippen molar-refractivity contribution >= 4 is 17.6 Å². The Bertz CT molecular complexity index is 485. The van der Waals surface area contributed by atoms with Gasteiger partial charge in [0, 0.05) is 5.69 Å². The van der Waals surface area contributed by atoms with Gasteiger partial charge in [-0.15, -0.1) is 0 Å². The molecular formula is C10H7F4NO3. The van der Waals surface area contributed by atoms with E-state index in [1.54, 1.807) is 0 Å². The zero-order chi connectivity index (χ0) is 13.9. The van der Waals surface area contributed by atoms with Gasteiger partial charge in [0.1, 0.15) is 12.2 Å². The van der Waals surface area contributed by atoms with Gasteiger partial charge in [0.05, 0.1) is 5.56 Å². The Balaban J connectivity index is 2.78. The van der Waals surface area contributed by atoms with E-state index in [1.165, 1.54) is 0 Å². The van der Waals surface area contributed by atoms with Gasteiger partial charge in [0.15, 0.2) is 0 Å². The quantitative estimate of drug-likeness (QED) is 0.825. The summed E-state index contributed by atoms with van der Waals surface area (Å²) in [6.45, 7) is 0. The van der Waals surface area contributed by atoms with Gasteiger partial charge >= 0.3 is 12.1 Å². The molecule has 0 heterocycles. The standard InChI is InChI=1S/C10H7F4NO3/c11-7-3-5(1-2-6(7)9(17)18)15-8(16)4-10(12,13)14/h1-3H,4H2,(H,15,16)(H,17,18). The molecule has 0 bridgehead atoms. The van der Waals surface area contributed by atoms with E-state index in [-0.39, 0.29) is 5.69 Å². The first-order valence-corrected chi connectivity index (χ1v) is 4.58. The van der Waals surface area contributed by atoms with E-state index in [1.807, 2.05) is 5.32 Å². The molecule has 0 aliphatic rings. The molecule has 1 aromatic carbocycles. The van der Waals surface area contributed by atoms with Crippen LogP contribution in [-0.4, -0.2) is 23.2 Å². The second-order valence-electron chi connectivity index (χ2n) is 3.34.